The van der Waals surface area contributed by atoms with Crippen LogP contribution in [0.5, 0.6) is 0 Å². The summed E-state index contributed by atoms with van der Waals surface area (Å²) in [4.78, 5) is 1.31. The maximum Gasteiger partial charge on any atom is 0.0417 e. The molecule has 0 fully saturated rings. The first-order valence-corrected chi connectivity index (χ1v) is 8.34. The van der Waals surface area contributed by atoms with Gasteiger partial charge in [-0.15, -0.1) is 11.8 Å². The average molecular weight is 300 g/mol. The van der Waals surface area contributed by atoms with E-state index in [4.69, 9.17) is 11.6 Å². The highest BCUT2D eigenvalue weighted by atomic mass is 35.5. The summed E-state index contributed by atoms with van der Waals surface area (Å²) in [6.07, 6.45) is 1.23. The zero-order valence-electron chi connectivity index (χ0n) is 12.7. The highest BCUT2D eigenvalue weighted by Crippen LogP contribution is 2.28. The Kier molecular flexibility index (Phi) is 6.72. The quantitative estimate of drug-likeness (QED) is 0.709. The van der Waals surface area contributed by atoms with E-state index in [1.807, 2.05) is 17.8 Å². The molecule has 0 saturated carbocycles. The smallest absolute Gasteiger partial charge is 0.0417 e. The van der Waals surface area contributed by atoms with Crippen molar-refractivity contribution in [2.24, 2.45) is 5.92 Å². The Balaban J connectivity index is 2.74. The van der Waals surface area contributed by atoms with Gasteiger partial charge >= 0.3 is 0 Å². The van der Waals surface area contributed by atoms with Crippen molar-refractivity contribution in [1.82, 2.24) is 5.32 Å². The second kappa shape index (κ2) is 7.56. The first-order valence-electron chi connectivity index (χ1n) is 6.98. The molecule has 0 spiro atoms. The third-order valence-corrected chi connectivity index (χ3v) is 4.72. The highest BCUT2D eigenvalue weighted by molar-refractivity contribution is 7.99. The van der Waals surface area contributed by atoms with Crippen LogP contribution in [0, 0.1) is 5.92 Å². The minimum absolute atomic E-state index is 0.137. The molecule has 0 saturated heterocycles. The van der Waals surface area contributed by atoms with Gasteiger partial charge in [0.2, 0.25) is 0 Å². The molecule has 1 atom stereocenters. The summed E-state index contributed by atoms with van der Waals surface area (Å²) < 4.78 is 0. The van der Waals surface area contributed by atoms with Crippen LogP contribution in [-0.2, 0) is 6.54 Å². The van der Waals surface area contributed by atoms with Crippen molar-refractivity contribution < 1.29 is 0 Å². The molecule has 0 aromatic heterocycles. The lowest BCUT2D eigenvalue weighted by molar-refractivity contribution is 0.422. The van der Waals surface area contributed by atoms with E-state index < -0.39 is 0 Å². The summed E-state index contributed by atoms with van der Waals surface area (Å²) in [7, 11) is 0. The van der Waals surface area contributed by atoms with Gasteiger partial charge < -0.3 is 5.32 Å². The van der Waals surface area contributed by atoms with Crippen LogP contribution in [0.2, 0.25) is 5.02 Å². The molecule has 1 rings (SSSR count). The maximum absolute atomic E-state index is 6.12. The zero-order chi connectivity index (χ0) is 14.5. The number of hydrogen-bond donors (Lipinski definition) is 1. The van der Waals surface area contributed by atoms with Crippen LogP contribution in [0.15, 0.2) is 23.1 Å². The summed E-state index contributed by atoms with van der Waals surface area (Å²) in [6.45, 7) is 12.0. The Morgan fingerprint density at radius 2 is 2.00 bits per heavy atom. The van der Waals surface area contributed by atoms with Gasteiger partial charge in [-0.1, -0.05) is 37.9 Å². The SMILES string of the molecule is CCC(C)CSc1cc(Cl)ccc1CNC(C)(C)C. The molecule has 0 bridgehead atoms. The molecule has 1 aromatic rings. The summed E-state index contributed by atoms with van der Waals surface area (Å²) >= 11 is 8.04. The number of nitrogens with one attached hydrogen (secondary N) is 1. The van der Waals surface area contributed by atoms with Crippen molar-refractivity contribution in [3.63, 3.8) is 0 Å². The first kappa shape index (κ1) is 16.9. The molecule has 1 N–H and O–H groups in total. The lowest BCUT2D eigenvalue weighted by Gasteiger charge is -2.22. The van der Waals surface area contributed by atoms with E-state index in [9.17, 15) is 0 Å². The van der Waals surface area contributed by atoms with Crippen LogP contribution in [-0.4, -0.2) is 11.3 Å². The molecule has 0 aliphatic rings. The molecule has 19 heavy (non-hydrogen) atoms. The molecule has 1 unspecified atom stereocenters. The normalized spacial score (nSPS) is 13.6. The van der Waals surface area contributed by atoms with Crippen LogP contribution in [0.4, 0.5) is 0 Å². The van der Waals surface area contributed by atoms with Gasteiger partial charge in [0.05, 0.1) is 0 Å². The van der Waals surface area contributed by atoms with Crippen molar-refractivity contribution in [3.05, 3.63) is 28.8 Å². The molecule has 3 heteroatoms. The molecule has 1 aromatic carbocycles. The van der Waals surface area contributed by atoms with E-state index in [1.54, 1.807) is 0 Å². The van der Waals surface area contributed by atoms with Gasteiger partial charge in [-0.3, -0.25) is 0 Å². The molecular weight excluding hydrogens is 274 g/mol. The van der Waals surface area contributed by atoms with E-state index in [0.29, 0.717) is 0 Å². The number of hydrogen-bond acceptors (Lipinski definition) is 2. The lowest BCUT2D eigenvalue weighted by atomic mass is 10.1. The van der Waals surface area contributed by atoms with Crippen molar-refractivity contribution in [2.75, 3.05) is 5.75 Å². The predicted octanol–water partition coefficient (Wildman–Crippen LogP) is 5.37. The van der Waals surface area contributed by atoms with Gasteiger partial charge in [0.15, 0.2) is 0 Å². The molecule has 108 valence electrons. The van der Waals surface area contributed by atoms with Crippen molar-refractivity contribution in [3.8, 4) is 0 Å². The summed E-state index contributed by atoms with van der Waals surface area (Å²) in [5, 5.41) is 4.37. The second-order valence-corrected chi connectivity index (χ2v) is 7.68. The second-order valence-electron chi connectivity index (χ2n) is 6.18. The monoisotopic (exact) mass is 299 g/mol. The minimum Gasteiger partial charge on any atom is -0.308 e. The first-order chi connectivity index (χ1) is 8.81. The van der Waals surface area contributed by atoms with Crippen LogP contribution < -0.4 is 5.32 Å². The fourth-order valence-electron chi connectivity index (χ4n) is 1.52. The molecule has 0 radical (unpaired) electrons. The standard InChI is InChI=1S/C16H26ClNS/c1-6-12(2)11-19-15-9-14(17)8-7-13(15)10-18-16(3,4)5/h7-9,12,18H,6,10-11H2,1-5H3. The van der Waals surface area contributed by atoms with Crippen molar-refractivity contribution in [1.29, 1.82) is 0 Å². The Hall–Kier alpha value is -0.180. The van der Waals surface area contributed by atoms with E-state index in [2.05, 4.69) is 52.1 Å². The van der Waals surface area contributed by atoms with E-state index in [-0.39, 0.29) is 5.54 Å². The topological polar surface area (TPSA) is 12.0 Å². The van der Waals surface area contributed by atoms with Gasteiger partial charge in [-0.25, -0.2) is 0 Å². The molecule has 0 amide bonds. The van der Waals surface area contributed by atoms with Gasteiger partial charge in [0.1, 0.15) is 0 Å². The van der Waals surface area contributed by atoms with Crippen LogP contribution in [0.1, 0.15) is 46.6 Å². The van der Waals surface area contributed by atoms with Gasteiger partial charge in [-0.2, -0.15) is 0 Å². The van der Waals surface area contributed by atoms with Crippen molar-refractivity contribution >= 4 is 23.4 Å². The number of thioether (sulfide) groups is 1. The molecule has 0 heterocycles. The molecule has 0 aliphatic carbocycles. The fourth-order valence-corrected chi connectivity index (χ4v) is 2.99. The van der Waals surface area contributed by atoms with E-state index in [1.165, 1.54) is 16.9 Å². The number of halogens is 1. The molecular formula is C16H26ClNS. The Morgan fingerprint density at radius 1 is 1.32 bits per heavy atom. The molecule has 1 nitrogen and oxygen atoms in total. The lowest BCUT2D eigenvalue weighted by Crippen LogP contribution is -2.35. The Morgan fingerprint density at radius 3 is 2.58 bits per heavy atom. The van der Waals surface area contributed by atoms with Gasteiger partial charge in [0.25, 0.3) is 0 Å². The van der Waals surface area contributed by atoms with Gasteiger partial charge in [-0.05, 0) is 44.4 Å². The summed E-state index contributed by atoms with van der Waals surface area (Å²) in [6, 6.07) is 6.21. The summed E-state index contributed by atoms with van der Waals surface area (Å²) in [5.41, 5.74) is 1.48. The summed E-state index contributed by atoms with van der Waals surface area (Å²) in [5.74, 6) is 1.90. The van der Waals surface area contributed by atoms with Crippen LogP contribution in [0.25, 0.3) is 0 Å². The molecule has 0 aliphatic heterocycles. The minimum atomic E-state index is 0.137. The van der Waals surface area contributed by atoms with Crippen LogP contribution in [0.3, 0.4) is 0 Å². The maximum atomic E-state index is 6.12. The van der Waals surface area contributed by atoms with E-state index >= 15 is 0 Å². The highest BCUT2D eigenvalue weighted by Gasteiger charge is 2.11. The fraction of sp³-hybridized carbons (Fsp3) is 0.625. The largest absolute Gasteiger partial charge is 0.308 e. The van der Waals surface area contributed by atoms with Gasteiger partial charge in [0, 0.05) is 27.8 Å². The number of benzene rings is 1. The zero-order valence-corrected chi connectivity index (χ0v) is 14.3. The predicted molar refractivity (Wildman–Crippen MR) is 88.2 cm³/mol. The Bertz CT molecular complexity index is 398. The Labute approximate surface area is 127 Å². The van der Waals surface area contributed by atoms with E-state index in [0.717, 1.165) is 23.2 Å². The number of rotatable bonds is 6. The van der Waals surface area contributed by atoms with Crippen molar-refractivity contribution in [2.45, 2.75) is 58.0 Å². The van der Waals surface area contributed by atoms with Crippen LogP contribution >= 0.6 is 23.4 Å². The third-order valence-electron chi connectivity index (χ3n) is 3.06. The third kappa shape index (κ3) is 6.69. The average Bonchev–Trinajstić information content (AvgIpc) is 2.33.